The van der Waals surface area contributed by atoms with Crippen LogP contribution in [0.5, 0.6) is 0 Å². The monoisotopic (exact) mass is 308 g/mol. The highest BCUT2D eigenvalue weighted by molar-refractivity contribution is 5.77. The summed E-state index contributed by atoms with van der Waals surface area (Å²) in [4.78, 5) is 14.3. The second-order valence-electron chi connectivity index (χ2n) is 6.08. The van der Waals surface area contributed by atoms with Gasteiger partial charge in [0.05, 0.1) is 19.1 Å². The van der Waals surface area contributed by atoms with Gasteiger partial charge in [-0.05, 0) is 23.6 Å². The molecule has 1 fully saturated rings. The Hall–Kier alpha value is -1.46. The number of hydrogen-bond donors (Lipinski definition) is 1. The van der Waals surface area contributed by atoms with Crippen LogP contribution in [-0.4, -0.2) is 43.7 Å². The summed E-state index contributed by atoms with van der Waals surface area (Å²) < 4.78 is 18.9. The van der Waals surface area contributed by atoms with Gasteiger partial charge in [-0.1, -0.05) is 26.0 Å². The van der Waals surface area contributed by atoms with Crippen molar-refractivity contribution in [1.29, 1.82) is 0 Å². The summed E-state index contributed by atoms with van der Waals surface area (Å²) in [5, 5.41) is 3.27. The van der Waals surface area contributed by atoms with Crippen molar-refractivity contribution >= 4 is 5.91 Å². The van der Waals surface area contributed by atoms with Crippen molar-refractivity contribution in [1.82, 2.24) is 10.2 Å². The maximum atomic E-state index is 13.4. The molecule has 1 amide bonds. The van der Waals surface area contributed by atoms with E-state index in [2.05, 4.69) is 19.2 Å². The summed E-state index contributed by atoms with van der Waals surface area (Å²) in [5.74, 6) is 0.268. The van der Waals surface area contributed by atoms with Gasteiger partial charge in [0.1, 0.15) is 5.82 Å². The van der Waals surface area contributed by atoms with Crippen molar-refractivity contribution < 1.29 is 13.9 Å². The van der Waals surface area contributed by atoms with Crippen LogP contribution < -0.4 is 5.32 Å². The molecule has 5 heteroatoms. The summed E-state index contributed by atoms with van der Waals surface area (Å²) in [7, 11) is 0. The highest BCUT2D eigenvalue weighted by Gasteiger charge is 2.27. The van der Waals surface area contributed by atoms with Gasteiger partial charge in [-0.25, -0.2) is 4.39 Å². The van der Waals surface area contributed by atoms with Crippen molar-refractivity contribution in [2.45, 2.75) is 26.3 Å². The van der Waals surface area contributed by atoms with Crippen LogP contribution in [0, 0.1) is 11.7 Å². The Morgan fingerprint density at radius 2 is 2.32 bits per heavy atom. The van der Waals surface area contributed by atoms with Crippen LogP contribution in [-0.2, 0) is 9.53 Å². The lowest BCUT2D eigenvalue weighted by Gasteiger charge is -2.36. The minimum Gasteiger partial charge on any atom is -0.381 e. The number of halogens is 1. The smallest absolute Gasteiger partial charge is 0.225 e. The zero-order valence-electron chi connectivity index (χ0n) is 13.3. The highest BCUT2D eigenvalue weighted by atomic mass is 19.1. The quantitative estimate of drug-likeness (QED) is 0.820. The van der Waals surface area contributed by atoms with Crippen molar-refractivity contribution in [3.63, 3.8) is 0 Å². The van der Waals surface area contributed by atoms with Gasteiger partial charge in [0.2, 0.25) is 5.91 Å². The summed E-state index contributed by atoms with van der Waals surface area (Å²) >= 11 is 0. The average Bonchev–Trinajstić information content (AvgIpc) is 2.51. The van der Waals surface area contributed by atoms with Crippen LogP contribution >= 0.6 is 0 Å². The normalized spacial score (nSPS) is 18.7. The van der Waals surface area contributed by atoms with E-state index in [1.54, 1.807) is 6.07 Å². The molecule has 1 N–H and O–H groups in total. The zero-order chi connectivity index (χ0) is 15.9. The van der Waals surface area contributed by atoms with Gasteiger partial charge in [-0.3, -0.25) is 4.79 Å². The summed E-state index contributed by atoms with van der Waals surface area (Å²) in [6.07, 6.45) is 0.374. The molecule has 1 aliphatic heterocycles. The lowest BCUT2D eigenvalue weighted by atomic mass is 10.0. The molecular formula is C17H25FN2O2. The maximum Gasteiger partial charge on any atom is 0.225 e. The Balaban J connectivity index is 1.95. The molecule has 1 aromatic rings. The molecule has 0 spiro atoms. The fourth-order valence-corrected chi connectivity index (χ4v) is 2.64. The van der Waals surface area contributed by atoms with Crippen molar-refractivity contribution in [3.8, 4) is 0 Å². The Morgan fingerprint density at radius 1 is 1.50 bits per heavy atom. The van der Waals surface area contributed by atoms with Gasteiger partial charge in [0.25, 0.3) is 0 Å². The van der Waals surface area contributed by atoms with Gasteiger partial charge < -0.3 is 15.0 Å². The Labute approximate surface area is 131 Å². The first-order valence-electron chi connectivity index (χ1n) is 7.91. The summed E-state index contributed by atoms with van der Waals surface area (Å²) in [6.45, 7) is 7.34. The van der Waals surface area contributed by atoms with Gasteiger partial charge in [0, 0.05) is 26.2 Å². The van der Waals surface area contributed by atoms with E-state index in [0.717, 1.165) is 12.1 Å². The first-order chi connectivity index (χ1) is 10.6. The molecule has 0 aromatic heterocycles. The number of hydrogen-bond acceptors (Lipinski definition) is 3. The molecule has 122 valence electrons. The molecule has 0 aliphatic carbocycles. The third-order valence-corrected chi connectivity index (χ3v) is 3.71. The zero-order valence-corrected chi connectivity index (χ0v) is 13.3. The van der Waals surface area contributed by atoms with Crippen molar-refractivity contribution in [2.24, 2.45) is 5.92 Å². The van der Waals surface area contributed by atoms with E-state index in [1.807, 2.05) is 11.0 Å². The Kier molecular flexibility index (Phi) is 6.34. The molecule has 0 saturated carbocycles. The van der Waals surface area contributed by atoms with Crippen molar-refractivity contribution in [2.75, 3.05) is 32.8 Å². The largest absolute Gasteiger partial charge is 0.381 e. The fourth-order valence-electron chi connectivity index (χ4n) is 2.64. The highest BCUT2D eigenvalue weighted by Crippen LogP contribution is 2.23. The number of amides is 1. The van der Waals surface area contributed by atoms with Crippen LogP contribution in [0.15, 0.2) is 24.3 Å². The molecule has 0 radical (unpaired) electrons. The number of ether oxygens (including phenoxy) is 1. The number of carbonyl (C=O) groups is 1. The molecule has 4 nitrogen and oxygen atoms in total. The Morgan fingerprint density at radius 3 is 3.05 bits per heavy atom. The molecule has 1 unspecified atom stereocenters. The van der Waals surface area contributed by atoms with Crippen LogP contribution in [0.2, 0.25) is 0 Å². The molecule has 1 atom stereocenters. The van der Waals surface area contributed by atoms with E-state index in [4.69, 9.17) is 4.74 Å². The van der Waals surface area contributed by atoms with Crippen LogP contribution in [0.3, 0.4) is 0 Å². The molecule has 1 aromatic carbocycles. The summed E-state index contributed by atoms with van der Waals surface area (Å²) in [5.41, 5.74) is 0.837. The van der Waals surface area contributed by atoms with Gasteiger partial charge in [-0.15, -0.1) is 0 Å². The third kappa shape index (κ3) is 4.78. The van der Waals surface area contributed by atoms with E-state index < -0.39 is 0 Å². The van der Waals surface area contributed by atoms with Crippen LogP contribution in [0.4, 0.5) is 4.39 Å². The molecule has 1 aliphatic rings. The lowest BCUT2D eigenvalue weighted by Crippen LogP contribution is -2.48. The predicted molar refractivity (Wildman–Crippen MR) is 84.0 cm³/mol. The minimum atomic E-state index is -0.268. The first kappa shape index (κ1) is 16.9. The summed E-state index contributed by atoms with van der Waals surface area (Å²) in [6, 6.07) is 6.38. The van der Waals surface area contributed by atoms with Gasteiger partial charge in [0.15, 0.2) is 0 Å². The SMILES string of the molecule is CC(C)COCCC(=O)N1CCNCC1c1cccc(F)c1. The average molecular weight is 308 g/mol. The number of nitrogens with zero attached hydrogens (tertiary/aromatic N) is 1. The molecule has 1 heterocycles. The maximum absolute atomic E-state index is 13.4. The second-order valence-corrected chi connectivity index (χ2v) is 6.08. The topological polar surface area (TPSA) is 41.6 Å². The lowest BCUT2D eigenvalue weighted by molar-refractivity contribution is -0.135. The molecule has 1 saturated heterocycles. The molecule has 22 heavy (non-hydrogen) atoms. The van der Waals surface area contributed by atoms with E-state index in [9.17, 15) is 9.18 Å². The number of rotatable bonds is 6. The van der Waals surface area contributed by atoms with E-state index in [-0.39, 0.29) is 17.8 Å². The van der Waals surface area contributed by atoms with E-state index >= 15 is 0 Å². The minimum absolute atomic E-state index is 0.0690. The Bertz CT molecular complexity index is 493. The standard InChI is InChI=1S/C17H25FN2O2/c1-13(2)12-22-9-6-17(21)20-8-7-19-11-16(20)14-4-3-5-15(18)10-14/h3-5,10,13,16,19H,6-9,11-12H2,1-2H3. The predicted octanol–water partition coefficient (Wildman–Crippen LogP) is 2.36. The van der Waals surface area contributed by atoms with E-state index in [1.165, 1.54) is 12.1 Å². The molecule has 2 rings (SSSR count). The van der Waals surface area contributed by atoms with Gasteiger partial charge in [-0.2, -0.15) is 0 Å². The first-order valence-corrected chi connectivity index (χ1v) is 7.91. The van der Waals surface area contributed by atoms with Gasteiger partial charge >= 0.3 is 0 Å². The van der Waals surface area contributed by atoms with Crippen LogP contribution in [0.25, 0.3) is 0 Å². The number of carbonyl (C=O) groups excluding carboxylic acids is 1. The van der Waals surface area contributed by atoms with E-state index in [0.29, 0.717) is 38.6 Å². The van der Waals surface area contributed by atoms with Crippen molar-refractivity contribution in [3.05, 3.63) is 35.6 Å². The molecule has 0 bridgehead atoms. The number of nitrogens with one attached hydrogen (secondary N) is 1. The third-order valence-electron chi connectivity index (χ3n) is 3.71. The number of piperazine rings is 1. The fraction of sp³-hybridized carbons (Fsp3) is 0.588. The second kappa shape index (κ2) is 8.25. The van der Waals surface area contributed by atoms with Crippen LogP contribution in [0.1, 0.15) is 31.9 Å². The number of benzene rings is 1. The molecular weight excluding hydrogens is 283 g/mol.